The molecule has 0 unspecified atom stereocenters. The summed E-state index contributed by atoms with van der Waals surface area (Å²) in [6.45, 7) is 6.85. The average molecular weight is 260 g/mol. The molecule has 0 saturated heterocycles. The lowest BCUT2D eigenvalue weighted by atomic mass is 9.99. The molecule has 5 heteroatoms. The Morgan fingerprint density at radius 2 is 2.14 bits per heavy atom. The Morgan fingerprint density at radius 3 is 2.71 bits per heavy atom. The Bertz CT molecular complexity index is 322. The van der Waals surface area contributed by atoms with Crippen LogP contribution in [0.15, 0.2) is 10.7 Å². The molecule has 0 bridgehead atoms. The Kier molecular flexibility index (Phi) is 3.31. The van der Waals surface area contributed by atoms with Gasteiger partial charge in [-0.2, -0.15) is 4.98 Å². The number of hydrogen-bond acceptors (Lipinski definition) is 4. The standard InChI is InChI=1S/C9H14BrN3O/c1-9(2,3)5-14-7-6(10)4-12-8(11)13-7/h4H,5H2,1-3H3,(H2,11,12,13). The van der Waals surface area contributed by atoms with Gasteiger partial charge in [0.15, 0.2) is 0 Å². The number of nitrogen functional groups attached to an aromatic ring is 1. The summed E-state index contributed by atoms with van der Waals surface area (Å²) < 4.78 is 6.22. The minimum atomic E-state index is 0.0964. The predicted molar refractivity (Wildman–Crippen MR) is 59.1 cm³/mol. The quantitative estimate of drug-likeness (QED) is 0.885. The highest BCUT2D eigenvalue weighted by atomic mass is 79.9. The maximum Gasteiger partial charge on any atom is 0.232 e. The van der Waals surface area contributed by atoms with E-state index in [1.807, 2.05) is 0 Å². The van der Waals surface area contributed by atoms with E-state index >= 15 is 0 Å². The summed E-state index contributed by atoms with van der Waals surface area (Å²) in [7, 11) is 0. The lowest BCUT2D eigenvalue weighted by Gasteiger charge is -2.18. The highest BCUT2D eigenvalue weighted by molar-refractivity contribution is 9.10. The third kappa shape index (κ3) is 3.49. The summed E-state index contributed by atoms with van der Waals surface area (Å²) in [5.41, 5.74) is 5.54. The first-order chi connectivity index (χ1) is 6.38. The summed E-state index contributed by atoms with van der Waals surface area (Å²) >= 11 is 3.29. The van der Waals surface area contributed by atoms with Crippen molar-refractivity contribution in [3.8, 4) is 5.88 Å². The van der Waals surface area contributed by atoms with Gasteiger partial charge in [-0.25, -0.2) is 4.98 Å². The maximum absolute atomic E-state index is 5.50. The van der Waals surface area contributed by atoms with E-state index in [1.54, 1.807) is 6.20 Å². The average Bonchev–Trinajstić information content (AvgIpc) is 2.05. The summed E-state index contributed by atoms with van der Waals surface area (Å²) in [6, 6.07) is 0. The molecule has 78 valence electrons. The molecule has 0 amide bonds. The van der Waals surface area contributed by atoms with Crippen LogP contribution in [0.5, 0.6) is 5.88 Å². The molecule has 0 aliphatic carbocycles. The molecule has 1 heterocycles. The van der Waals surface area contributed by atoms with Crippen LogP contribution in [0.25, 0.3) is 0 Å². The van der Waals surface area contributed by atoms with E-state index in [9.17, 15) is 0 Å². The lowest BCUT2D eigenvalue weighted by Crippen LogP contribution is -2.17. The molecule has 1 rings (SSSR count). The number of halogens is 1. The Morgan fingerprint density at radius 1 is 1.50 bits per heavy atom. The van der Waals surface area contributed by atoms with Crippen LogP contribution in [0, 0.1) is 5.41 Å². The molecule has 0 aliphatic rings. The van der Waals surface area contributed by atoms with Gasteiger partial charge in [-0.05, 0) is 21.3 Å². The molecule has 2 N–H and O–H groups in total. The molecule has 0 atom stereocenters. The second kappa shape index (κ2) is 4.13. The molecule has 0 saturated carbocycles. The smallest absolute Gasteiger partial charge is 0.232 e. The van der Waals surface area contributed by atoms with Crippen molar-refractivity contribution in [1.82, 2.24) is 9.97 Å². The van der Waals surface area contributed by atoms with E-state index in [-0.39, 0.29) is 11.4 Å². The summed E-state index contributed by atoms with van der Waals surface area (Å²) in [4.78, 5) is 7.80. The van der Waals surface area contributed by atoms with Gasteiger partial charge in [0.25, 0.3) is 0 Å². The maximum atomic E-state index is 5.50. The largest absolute Gasteiger partial charge is 0.476 e. The fraction of sp³-hybridized carbons (Fsp3) is 0.556. The number of aromatic nitrogens is 2. The predicted octanol–water partition coefficient (Wildman–Crippen LogP) is 2.25. The van der Waals surface area contributed by atoms with Crippen LogP contribution in [0.1, 0.15) is 20.8 Å². The molecule has 1 aromatic rings. The van der Waals surface area contributed by atoms with Gasteiger partial charge in [-0.3, -0.25) is 0 Å². The fourth-order valence-electron chi connectivity index (χ4n) is 0.750. The van der Waals surface area contributed by atoms with Crippen molar-refractivity contribution in [2.45, 2.75) is 20.8 Å². The normalized spacial score (nSPS) is 11.4. The number of nitrogens with zero attached hydrogens (tertiary/aromatic N) is 2. The Hall–Kier alpha value is -0.840. The van der Waals surface area contributed by atoms with Gasteiger partial charge < -0.3 is 10.5 Å². The Labute approximate surface area is 92.0 Å². The van der Waals surface area contributed by atoms with E-state index in [1.165, 1.54) is 0 Å². The highest BCUT2D eigenvalue weighted by Gasteiger charge is 2.13. The topological polar surface area (TPSA) is 61.0 Å². The van der Waals surface area contributed by atoms with Gasteiger partial charge in [-0.1, -0.05) is 20.8 Å². The van der Waals surface area contributed by atoms with Gasteiger partial charge in [0, 0.05) is 0 Å². The van der Waals surface area contributed by atoms with E-state index in [0.29, 0.717) is 12.5 Å². The van der Waals surface area contributed by atoms with Gasteiger partial charge in [0.1, 0.15) is 0 Å². The zero-order chi connectivity index (χ0) is 10.8. The van der Waals surface area contributed by atoms with Crippen LogP contribution in [-0.2, 0) is 0 Å². The van der Waals surface area contributed by atoms with Crippen molar-refractivity contribution in [1.29, 1.82) is 0 Å². The third-order valence-corrected chi connectivity index (χ3v) is 1.92. The number of anilines is 1. The fourth-order valence-corrected chi connectivity index (χ4v) is 1.06. The van der Waals surface area contributed by atoms with Crippen molar-refractivity contribution >= 4 is 21.9 Å². The van der Waals surface area contributed by atoms with Gasteiger partial charge in [0.05, 0.1) is 17.3 Å². The van der Waals surface area contributed by atoms with Crippen molar-refractivity contribution in [2.75, 3.05) is 12.3 Å². The Balaban J connectivity index is 2.72. The molecule has 0 aromatic carbocycles. The summed E-state index contributed by atoms with van der Waals surface area (Å²) in [5.74, 6) is 0.713. The van der Waals surface area contributed by atoms with Crippen molar-refractivity contribution in [2.24, 2.45) is 5.41 Å². The van der Waals surface area contributed by atoms with E-state index in [4.69, 9.17) is 10.5 Å². The molecular weight excluding hydrogens is 246 g/mol. The zero-order valence-electron chi connectivity index (χ0n) is 8.54. The van der Waals surface area contributed by atoms with Gasteiger partial charge in [0.2, 0.25) is 11.8 Å². The van der Waals surface area contributed by atoms with Crippen LogP contribution in [0.2, 0.25) is 0 Å². The minimum Gasteiger partial charge on any atom is -0.476 e. The van der Waals surface area contributed by atoms with E-state index in [0.717, 1.165) is 4.47 Å². The number of nitrogens with two attached hydrogens (primary N) is 1. The van der Waals surface area contributed by atoms with Gasteiger partial charge >= 0.3 is 0 Å². The SMILES string of the molecule is CC(C)(C)COc1nc(N)ncc1Br. The first kappa shape index (κ1) is 11.2. The summed E-state index contributed by atoms with van der Waals surface area (Å²) in [5, 5.41) is 0. The lowest BCUT2D eigenvalue weighted by molar-refractivity contribution is 0.190. The third-order valence-electron chi connectivity index (χ3n) is 1.37. The number of ether oxygens (including phenoxy) is 1. The molecule has 0 spiro atoms. The first-order valence-corrected chi connectivity index (χ1v) is 5.08. The van der Waals surface area contributed by atoms with Crippen LogP contribution >= 0.6 is 15.9 Å². The second-order valence-electron chi connectivity index (χ2n) is 4.23. The molecule has 4 nitrogen and oxygen atoms in total. The minimum absolute atomic E-state index is 0.0964. The van der Waals surface area contributed by atoms with Crippen molar-refractivity contribution < 1.29 is 4.74 Å². The van der Waals surface area contributed by atoms with Gasteiger partial charge in [-0.15, -0.1) is 0 Å². The first-order valence-electron chi connectivity index (χ1n) is 4.29. The molecular formula is C9H14BrN3O. The van der Waals surface area contributed by atoms with Crippen LogP contribution < -0.4 is 10.5 Å². The monoisotopic (exact) mass is 259 g/mol. The second-order valence-corrected chi connectivity index (χ2v) is 5.08. The summed E-state index contributed by atoms with van der Waals surface area (Å²) in [6.07, 6.45) is 1.58. The molecule has 1 aromatic heterocycles. The van der Waals surface area contributed by atoms with Crippen LogP contribution in [-0.4, -0.2) is 16.6 Å². The number of rotatable bonds is 2. The van der Waals surface area contributed by atoms with E-state index < -0.39 is 0 Å². The van der Waals surface area contributed by atoms with Crippen molar-refractivity contribution in [3.05, 3.63) is 10.7 Å². The molecule has 14 heavy (non-hydrogen) atoms. The van der Waals surface area contributed by atoms with Crippen LogP contribution in [0.3, 0.4) is 0 Å². The molecule has 0 aliphatic heterocycles. The zero-order valence-corrected chi connectivity index (χ0v) is 10.1. The van der Waals surface area contributed by atoms with E-state index in [2.05, 4.69) is 46.7 Å². The molecule has 0 fully saturated rings. The highest BCUT2D eigenvalue weighted by Crippen LogP contribution is 2.24. The molecule has 0 radical (unpaired) electrons. The van der Waals surface area contributed by atoms with Crippen molar-refractivity contribution in [3.63, 3.8) is 0 Å². The van der Waals surface area contributed by atoms with Crippen LogP contribution in [0.4, 0.5) is 5.95 Å². The number of hydrogen-bond donors (Lipinski definition) is 1.